The van der Waals surface area contributed by atoms with E-state index in [4.69, 9.17) is 18.7 Å². The second-order valence-corrected chi connectivity index (χ2v) is 4.19. The van der Waals surface area contributed by atoms with Crippen molar-refractivity contribution in [2.24, 2.45) is 0 Å². The van der Waals surface area contributed by atoms with E-state index in [2.05, 4.69) is 0 Å². The minimum absolute atomic E-state index is 0.868. The summed E-state index contributed by atoms with van der Waals surface area (Å²) < 4.78 is 57.5. The van der Waals surface area contributed by atoms with Crippen LogP contribution in [0, 0.1) is 6.92 Å². The molecule has 0 fully saturated rings. The first-order chi connectivity index (χ1) is 7.05. The molecule has 1 aromatic rings. The van der Waals surface area contributed by atoms with Crippen LogP contribution in [0.4, 0.5) is 18.9 Å². The Morgan fingerprint density at radius 1 is 1.25 bits per heavy atom. The zero-order chi connectivity index (χ0) is 13.0. The lowest BCUT2D eigenvalue weighted by molar-refractivity contribution is -0.0510. The second-order valence-electron chi connectivity index (χ2n) is 2.78. The van der Waals surface area contributed by atoms with Crippen LogP contribution in [0.2, 0.25) is 0 Å². The lowest BCUT2D eigenvalue weighted by Crippen LogP contribution is -2.21. The average molecular weight is 257 g/mol. The quantitative estimate of drug-likeness (QED) is 0.423. The molecule has 0 aliphatic carbocycles. The normalized spacial score (nSPS) is 11.6. The van der Waals surface area contributed by atoms with E-state index in [9.17, 15) is 13.2 Å². The van der Waals surface area contributed by atoms with E-state index >= 15 is 0 Å². The highest BCUT2D eigenvalue weighted by Gasteiger charge is 2.44. The highest BCUT2D eigenvalue weighted by molar-refractivity contribution is 7.86. The van der Waals surface area contributed by atoms with E-state index in [1.54, 1.807) is 0 Å². The fourth-order valence-electron chi connectivity index (χ4n) is 0.587. The van der Waals surface area contributed by atoms with Crippen LogP contribution in [0.3, 0.4) is 0 Å². The summed E-state index contributed by atoms with van der Waals surface area (Å²) in [5.74, 6) is 0. The summed E-state index contributed by atoms with van der Waals surface area (Å²) in [7, 11) is -5.84. The van der Waals surface area contributed by atoms with Crippen molar-refractivity contribution in [1.29, 1.82) is 0 Å². The number of rotatable bonds is 0. The van der Waals surface area contributed by atoms with E-state index in [0.29, 0.717) is 0 Å². The number of benzene rings is 1. The largest absolute Gasteiger partial charge is 0.522 e. The SMILES string of the molecule is Cc1ccccc1N.O=S(=O)(O)C(F)(F)F. The Balaban J connectivity index is 0.000000281. The van der Waals surface area contributed by atoms with Gasteiger partial charge in [0, 0.05) is 5.69 Å². The van der Waals surface area contributed by atoms with Crippen molar-refractivity contribution in [2.75, 3.05) is 5.73 Å². The van der Waals surface area contributed by atoms with Crippen LogP contribution in [0.1, 0.15) is 5.56 Å². The van der Waals surface area contributed by atoms with E-state index in [1.165, 1.54) is 0 Å². The molecule has 1 aromatic carbocycles. The van der Waals surface area contributed by atoms with Crippen LogP contribution in [-0.4, -0.2) is 18.5 Å². The molecule has 0 unspecified atom stereocenters. The predicted molar refractivity (Wildman–Crippen MR) is 53.2 cm³/mol. The lowest BCUT2D eigenvalue weighted by Gasteiger charge is -1.97. The number of anilines is 1. The molecule has 3 N–H and O–H groups in total. The number of hydrogen-bond donors (Lipinski definition) is 2. The molecule has 0 aliphatic rings. The molecule has 0 radical (unpaired) electrons. The van der Waals surface area contributed by atoms with Crippen LogP contribution < -0.4 is 5.73 Å². The van der Waals surface area contributed by atoms with Crippen molar-refractivity contribution in [3.05, 3.63) is 29.8 Å². The van der Waals surface area contributed by atoms with Gasteiger partial charge in [0.15, 0.2) is 0 Å². The molecule has 0 saturated heterocycles. The van der Waals surface area contributed by atoms with Gasteiger partial charge < -0.3 is 5.73 Å². The molecular weight excluding hydrogens is 247 g/mol. The third-order valence-corrected chi connectivity index (χ3v) is 2.07. The number of aryl methyl sites for hydroxylation is 1. The summed E-state index contributed by atoms with van der Waals surface area (Å²) >= 11 is 0. The van der Waals surface area contributed by atoms with Crippen molar-refractivity contribution in [3.8, 4) is 0 Å². The minimum Gasteiger partial charge on any atom is -0.399 e. The number of para-hydroxylation sites is 1. The Labute approximate surface area is 90.6 Å². The van der Waals surface area contributed by atoms with Gasteiger partial charge in [-0.2, -0.15) is 21.6 Å². The molecule has 0 spiro atoms. The van der Waals surface area contributed by atoms with Gasteiger partial charge in [0.2, 0.25) is 0 Å². The van der Waals surface area contributed by atoms with Crippen LogP contribution in [0.15, 0.2) is 24.3 Å². The van der Waals surface area contributed by atoms with Gasteiger partial charge in [-0.05, 0) is 18.6 Å². The van der Waals surface area contributed by atoms with E-state index in [0.717, 1.165) is 11.3 Å². The number of alkyl halides is 3. The molecule has 92 valence electrons. The highest BCUT2D eigenvalue weighted by Crippen LogP contribution is 2.20. The van der Waals surface area contributed by atoms with Crippen LogP contribution >= 0.6 is 0 Å². The van der Waals surface area contributed by atoms with Gasteiger partial charge >= 0.3 is 15.6 Å². The maximum atomic E-state index is 10.7. The van der Waals surface area contributed by atoms with Gasteiger partial charge in [-0.25, -0.2) is 0 Å². The maximum Gasteiger partial charge on any atom is 0.522 e. The average Bonchev–Trinajstić information content (AvgIpc) is 2.08. The Morgan fingerprint density at radius 2 is 1.62 bits per heavy atom. The first-order valence-corrected chi connectivity index (χ1v) is 5.34. The van der Waals surface area contributed by atoms with Gasteiger partial charge in [-0.3, -0.25) is 4.55 Å². The van der Waals surface area contributed by atoms with E-state index < -0.39 is 15.6 Å². The van der Waals surface area contributed by atoms with Crippen molar-refractivity contribution in [1.82, 2.24) is 0 Å². The monoisotopic (exact) mass is 257 g/mol. The number of hydrogen-bond acceptors (Lipinski definition) is 3. The minimum atomic E-state index is -5.84. The smallest absolute Gasteiger partial charge is 0.399 e. The van der Waals surface area contributed by atoms with Crippen LogP contribution in [0.5, 0.6) is 0 Å². The second kappa shape index (κ2) is 5.17. The van der Waals surface area contributed by atoms with Gasteiger partial charge in [0.1, 0.15) is 0 Å². The highest BCUT2D eigenvalue weighted by atomic mass is 32.2. The van der Waals surface area contributed by atoms with Crippen LogP contribution in [-0.2, 0) is 10.1 Å². The summed E-state index contributed by atoms with van der Waals surface area (Å²) in [5, 5.41) is 0. The fourth-order valence-corrected chi connectivity index (χ4v) is 0.587. The summed E-state index contributed by atoms with van der Waals surface area (Å²) in [6.45, 7) is 2.00. The molecule has 8 heteroatoms. The maximum absolute atomic E-state index is 10.7. The summed E-state index contributed by atoms with van der Waals surface area (Å²) in [6, 6.07) is 7.80. The third kappa shape index (κ3) is 4.99. The Kier molecular flexibility index (Phi) is 4.76. The number of halogens is 3. The molecule has 0 saturated carbocycles. The molecular formula is C8H10F3NO3S. The molecule has 16 heavy (non-hydrogen) atoms. The van der Waals surface area contributed by atoms with Gasteiger partial charge in [0.25, 0.3) is 0 Å². The standard InChI is InChI=1S/C7H9N.CHF3O3S/c1-6-4-2-3-5-7(6)8;2-1(3,4)8(5,6)7/h2-5H,8H2,1H3;(H,5,6,7). The first-order valence-electron chi connectivity index (χ1n) is 3.90. The van der Waals surface area contributed by atoms with E-state index in [-0.39, 0.29) is 0 Å². The number of nitrogens with two attached hydrogens (primary N) is 1. The van der Waals surface area contributed by atoms with Gasteiger partial charge in [-0.15, -0.1) is 0 Å². The lowest BCUT2D eigenvalue weighted by atomic mass is 10.2. The summed E-state index contributed by atoms with van der Waals surface area (Å²) in [6.07, 6.45) is 0. The molecule has 0 amide bonds. The van der Waals surface area contributed by atoms with Gasteiger partial charge in [-0.1, -0.05) is 18.2 Å². The third-order valence-electron chi connectivity index (χ3n) is 1.48. The molecule has 0 aliphatic heterocycles. The topological polar surface area (TPSA) is 80.4 Å². The summed E-state index contributed by atoms with van der Waals surface area (Å²) in [5.41, 5.74) is 2.00. The zero-order valence-corrected chi connectivity index (χ0v) is 9.01. The predicted octanol–water partition coefficient (Wildman–Crippen LogP) is 1.97. The Hall–Kier alpha value is -1.28. The number of nitrogen functional groups attached to an aromatic ring is 1. The van der Waals surface area contributed by atoms with Crippen molar-refractivity contribution in [2.45, 2.75) is 12.4 Å². The van der Waals surface area contributed by atoms with Crippen molar-refractivity contribution in [3.63, 3.8) is 0 Å². The molecule has 1 rings (SSSR count). The molecule has 0 atom stereocenters. The first kappa shape index (κ1) is 14.7. The molecule has 0 heterocycles. The molecule has 0 bridgehead atoms. The van der Waals surface area contributed by atoms with E-state index in [1.807, 2.05) is 31.2 Å². The van der Waals surface area contributed by atoms with Crippen molar-refractivity contribution < 1.29 is 26.1 Å². The van der Waals surface area contributed by atoms with Crippen molar-refractivity contribution >= 4 is 15.8 Å². The Bertz CT molecular complexity index is 421. The van der Waals surface area contributed by atoms with Crippen LogP contribution in [0.25, 0.3) is 0 Å². The fraction of sp³-hybridized carbons (Fsp3) is 0.250. The summed E-state index contributed by atoms with van der Waals surface area (Å²) in [4.78, 5) is 0. The zero-order valence-electron chi connectivity index (χ0n) is 8.19. The molecule has 4 nitrogen and oxygen atoms in total. The molecule has 0 aromatic heterocycles. The Morgan fingerprint density at radius 3 is 1.81 bits per heavy atom. The van der Waals surface area contributed by atoms with Gasteiger partial charge in [0.05, 0.1) is 0 Å².